The number of aliphatic hydroxyl groups excluding tert-OH is 1. The van der Waals surface area contributed by atoms with Gasteiger partial charge in [-0.05, 0) is 20.3 Å². The number of carbonyl (C=O) groups excluding carboxylic acids is 2. The van der Waals surface area contributed by atoms with Crippen LogP contribution in [0.15, 0.2) is 6.20 Å². The molecule has 0 saturated carbocycles. The van der Waals surface area contributed by atoms with Gasteiger partial charge in [-0.15, -0.1) is 5.10 Å². The molecule has 164 valence electrons. The summed E-state index contributed by atoms with van der Waals surface area (Å²) in [6.07, 6.45) is 1.90. The number of nitrogens with zero attached hydrogens (tertiary/aromatic N) is 5. The minimum atomic E-state index is -0.419. The van der Waals surface area contributed by atoms with E-state index < -0.39 is 6.09 Å². The van der Waals surface area contributed by atoms with Crippen molar-refractivity contribution in [3.8, 4) is 0 Å². The van der Waals surface area contributed by atoms with Crippen LogP contribution < -0.4 is 0 Å². The third-order valence-corrected chi connectivity index (χ3v) is 5.17. The first-order valence-electron chi connectivity index (χ1n) is 10.1. The molecular weight excluding hydrogens is 378 g/mol. The van der Waals surface area contributed by atoms with Crippen LogP contribution in [0, 0.1) is 5.92 Å². The highest BCUT2D eigenvalue weighted by molar-refractivity contribution is 5.76. The molecule has 2 heterocycles. The maximum absolute atomic E-state index is 12.8. The molecule has 0 aliphatic carbocycles. The zero-order valence-electron chi connectivity index (χ0n) is 17.8. The molecule has 2 amide bonds. The molecule has 2 rings (SSSR count). The molecule has 0 aromatic carbocycles. The van der Waals surface area contributed by atoms with Gasteiger partial charge in [-0.25, -0.2) is 9.48 Å². The highest BCUT2D eigenvalue weighted by atomic mass is 16.6. The molecule has 1 aromatic heterocycles. The molecule has 0 fully saturated rings. The molecule has 10 heteroatoms. The first-order valence-corrected chi connectivity index (χ1v) is 10.1. The van der Waals surface area contributed by atoms with Crippen molar-refractivity contribution >= 4 is 12.0 Å². The number of rotatable bonds is 5. The van der Waals surface area contributed by atoms with E-state index in [2.05, 4.69) is 10.3 Å². The molecule has 1 aliphatic rings. The van der Waals surface area contributed by atoms with Crippen molar-refractivity contribution < 1.29 is 24.2 Å². The van der Waals surface area contributed by atoms with Crippen LogP contribution in [0.4, 0.5) is 4.79 Å². The first kappa shape index (κ1) is 23.1. The number of aryl methyl sites for hydroxylation is 1. The summed E-state index contributed by atoms with van der Waals surface area (Å²) in [4.78, 5) is 28.0. The Morgan fingerprint density at radius 3 is 2.97 bits per heavy atom. The van der Waals surface area contributed by atoms with Crippen molar-refractivity contribution in [1.29, 1.82) is 0 Å². The van der Waals surface area contributed by atoms with E-state index in [9.17, 15) is 14.7 Å². The largest absolute Gasteiger partial charge is 0.450 e. The molecule has 1 aromatic rings. The van der Waals surface area contributed by atoms with Crippen LogP contribution in [-0.4, -0.2) is 87.4 Å². The standard InChI is InChI=1S/C19H33N5O5/c1-5-28-19(27)22(4)11-17-14(2)10-23(15(3)12-25)18(26)7-6-8-24-16(13-29-17)9-20-21-24/h9,14-15,17,25H,5-8,10-13H2,1-4H3/t14-,15+,17+/m0/s1. The second-order valence-corrected chi connectivity index (χ2v) is 7.54. The van der Waals surface area contributed by atoms with Crippen LogP contribution in [-0.2, 0) is 27.4 Å². The third kappa shape index (κ3) is 6.40. The molecule has 3 atom stereocenters. The normalized spacial score (nSPS) is 22.2. The van der Waals surface area contributed by atoms with Gasteiger partial charge < -0.3 is 24.4 Å². The van der Waals surface area contributed by atoms with Crippen molar-refractivity contribution in [2.75, 3.05) is 33.4 Å². The van der Waals surface area contributed by atoms with Crippen molar-refractivity contribution in [2.24, 2.45) is 5.92 Å². The summed E-state index contributed by atoms with van der Waals surface area (Å²) in [7, 11) is 1.66. The van der Waals surface area contributed by atoms with Gasteiger partial charge in [-0.3, -0.25) is 4.79 Å². The Morgan fingerprint density at radius 1 is 1.52 bits per heavy atom. The lowest BCUT2D eigenvalue weighted by Gasteiger charge is -2.35. The number of ether oxygens (including phenoxy) is 2. The number of carbonyl (C=O) groups is 2. The average molecular weight is 412 g/mol. The van der Waals surface area contributed by atoms with E-state index in [1.54, 1.807) is 29.7 Å². The van der Waals surface area contributed by atoms with Crippen LogP contribution in [0.25, 0.3) is 0 Å². The highest BCUT2D eigenvalue weighted by Gasteiger charge is 2.29. The molecule has 1 N–H and O–H groups in total. The molecule has 0 saturated heterocycles. The van der Waals surface area contributed by atoms with E-state index >= 15 is 0 Å². The fourth-order valence-electron chi connectivity index (χ4n) is 3.32. The monoisotopic (exact) mass is 411 g/mol. The quantitative estimate of drug-likeness (QED) is 0.766. The van der Waals surface area contributed by atoms with Crippen LogP contribution in [0.1, 0.15) is 39.3 Å². The summed E-state index contributed by atoms with van der Waals surface area (Å²) in [5, 5.41) is 17.6. The van der Waals surface area contributed by atoms with Gasteiger partial charge in [0.1, 0.15) is 0 Å². The number of fused-ring (bicyclic) bond motifs is 1. The van der Waals surface area contributed by atoms with Gasteiger partial charge in [0.15, 0.2) is 0 Å². The Morgan fingerprint density at radius 2 is 2.28 bits per heavy atom. The molecule has 0 bridgehead atoms. The lowest BCUT2D eigenvalue weighted by molar-refractivity contribution is -0.136. The molecular formula is C19H33N5O5. The fourth-order valence-corrected chi connectivity index (χ4v) is 3.32. The van der Waals surface area contributed by atoms with Gasteiger partial charge in [0.25, 0.3) is 0 Å². The fraction of sp³-hybridized carbons (Fsp3) is 0.789. The predicted molar refractivity (Wildman–Crippen MR) is 105 cm³/mol. The van der Waals surface area contributed by atoms with E-state index in [1.165, 1.54) is 4.90 Å². The Kier molecular flexibility index (Phi) is 8.84. The van der Waals surface area contributed by atoms with Crippen LogP contribution in [0.2, 0.25) is 0 Å². The summed E-state index contributed by atoms with van der Waals surface area (Å²) in [6, 6.07) is -0.293. The van der Waals surface area contributed by atoms with E-state index in [0.717, 1.165) is 5.69 Å². The maximum Gasteiger partial charge on any atom is 0.409 e. The minimum absolute atomic E-state index is 0.0156. The second kappa shape index (κ2) is 11.1. The van der Waals surface area contributed by atoms with Crippen molar-refractivity contribution in [1.82, 2.24) is 24.8 Å². The Hall–Kier alpha value is -2.20. The smallest absolute Gasteiger partial charge is 0.409 e. The summed E-state index contributed by atoms with van der Waals surface area (Å²) in [6.45, 7) is 7.37. The Bertz CT molecular complexity index is 667. The minimum Gasteiger partial charge on any atom is -0.450 e. The summed E-state index contributed by atoms with van der Waals surface area (Å²) < 4.78 is 13.0. The highest BCUT2D eigenvalue weighted by Crippen LogP contribution is 2.18. The van der Waals surface area contributed by atoms with Crippen LogP contribution in [0.3, 0.4) is 0 Å². The van der Waals surface area contributed by atoms with E-state index in [0.29, 0.717) is 45.7 Å². The maximum atomic E-state index is 12.8. The number of amides is 2. The first-order chi connectivity index (χ1) is 13.9. The topological polar surface area (TPSA) is 110 Å². The third-order valence-electron chi connectivity index (χ3n) is 5.17. The van der Waals surface area contributed by atoms with Gasteiger partial charge in [0, 0.05) is 32.5 Å². The van der Waals surface area contributed by atoms with Crippen molar-refractivity contribution in [3.63, 3.8) is 0 Å². The lowest BCUT2D eigenvalue weighted by Crippen LogP contribution is -2.48. The molecule has 10 nitrogen and oxygen atoms in total. The average Bonchev–Trinajstić information content (AvgIpc) is 3.14. The Labute approximate surface area is 171 Å². The van der Waals surface area contributed by atoms with E-state index in [-0.39, 0.29) is 30.6 Å². The number of likely N-dealkylation sites (N-methyl/N-ethyl adjacent to an activating group) is 1. The number of hydrogen-bond acceptors (Lipinski definition) is 7. The summed E-state index contributed by atoms with van der Waals surface area (Å²) >= 11 is 0. The van der Waals surface area contributed by atoms with Gasteiger partial charge in [-0.2, -0.15) is 0 Å². The zero-order valence-corrected chi connectivity index (χ0v) is 17.8. The zero-order chi connectivity index (χ0) is 21.4. The summed E-state index contributed by atoms with van der Waals surface area (Å²) in [5.41, 5.74) is 0.828. The van der Waals surface area contributed by atoms with Crippen molar-refractivity contribution in [3.05, 3.63) is 11.9 Å². The SMILES string of the molecule is CCOC(=O)N(C)C[C@H]1OCc2cnnn2CCCC(=O)N([C@H](C)CO)C[C@@H]1C. The lowest BCUT2D eigenvalue weighted by atomic mass is 10.0. The van der Waals surface area contributed by atoms with E-state index in [1.807, 2.05) is 13.8 Å². The van der Waals surface area contributed by atoms with Gasteiger partial charge >= 0.3 is 6.09 Å². The predicted octanol–water partition coefficient (Wildman–Crippen LogP) is 0.891. The molecule has 0 radical (unpaired) electrons. The van der Waals surface area contributed by atoms with E-state index in [4.69, 9.17) is 9.47 Å². The molecule has 1 aliphatic heterocycles. The number of aliphatic hydroxyl groups is 1. The Balaban J connectivity index is 2.23. The number of aromatic nitrogens is 3. The van der Waals surface area contributed by atoms with Gasteiger partial charge in [0.2, 0.25) is 5.91 Å². The second-order valence-electron chi connectivity index (χ2n) is 7.54. The molecule has 29 heavy (non-hydrogen) atoms. The van der Waals surface area contributed by atoms with Crippen LogP contribution >= 0.6 is 0 Å². The van der Waals surface area contributed by atoms with Gasteiger partial charge in [-0.1, -0.05) is 12.1 Å². The molecule has 0 spiro atoms. The summed E-state index contributed by atoms with van der Waals surface area (Å²) in [5.74, 6) is -0.0910. The number of hydrogen-bond donors (Lipinski definition) is 1. The van der Waals surface area contributed by atoms with Crippen LogP contribution in [0.5, 0.6) is 0 Å². The van der Waals surface area contributed by atoms with Gasteiger partial charge in [0.05, 0.1) is 50.4 Å². The van der Waals surface area contributed by atoms with Crippen molar-refractivity contribution in [2.45, 2.75) is 58.9 Å². The molecule has 0 unspecified atom stereocenters.